The van der Waals surface area contributed by atoms with Crippen molar-refractivity contribution >= 4 is 5.91 Å². The Morgan fingerprint density at radius 3 is 2.62 bits per heavy atom. The van der Waals surface area contributed by atoms with E-state index < -0.39 is 0 Å². The van der Waals surface area contributed by atoms with Gasteiger partial charge in [-0.15, -0.1) is 0 Å². The summed E-state index contributed by atoms with van der Waals surface area (Å²) in [6.07, 6.45) is 7.29. The molecular weight excluding hydrogens is 328 g/mol. The third-order valence-corrected chi connectivity index (χ3v) is 5.97. The van der Waals surface area contributed by atoms with Gasteiger partial charge in [0.2, 0.25) is 5.91 Å². The molecule has 146 valence electrons. The molecule has 0 bridgehead atoms. The van der Waals surface area contributed by atoms with Crippen LogP contribution in [-0.2, 0) is 9.53 Å². The van der Waals surface area contributed by atoms with Gasteiger partial charge in [-0.05, 0) is 49.6 Å². The highest BCUT2D eigenvalue weighted by Crippen LogP contribution is 2.42. The fraction of sp³-hybridized carbons (Fsp3) is 0.800. The Bertz CT molecular complexity index is 572. The molecule has 0 N–H and O–H groups in total. The van der Waals surface area contributed by atoms with Crippen LogP contribution in [0.4, 0.5) is 0 Å². The lowest BCUT2D eigenvalue weighted by Gasteiger charge is -2.38. The molecule has 6 heteroatoms. The van der Waals surface area contributed by atoms with Crippen LogP contribution in [0, 0.1) is 17.8 Å². The summed E-state index contributed by atoms with van der Waals surface area (Å²) in [5.41, 5.74) is 0. The number of rotatable bonds is 7. The van der Waals surface area contributed by atoms with Gasteiger partial charge in [-0.3, -0.25) is 9.48 Å². The van der Waals surface area contributed by atoms with Crippen molar-refractivity contribution in [3.8, 4) is 0 Å². The molecule has 1 aromatic heterocycles. The van der Waals surface area contributed by atoms with E-state index in [2.05, 4.69) is 23.8 Å². The molecular formula is C20H34N4O2. The normalized spacial score (nSPS) is 29.1. The molecule has 2 fully saturated rings. The Morgan fingerprint density at radius 2 is 2.00 bits per heavy atom. The smallest absolute Gasteiger partial charge is 0.248 e. The number of fused-ring (bicyclic) bond motifs is 1. The van der Waals surface area contributed by atoms with E-state index in [1.807, 2.05) is 23.1 Å². The molecule has 4 atom stereocenters. The number of likely N-dealkylation sites (tertiary alicyclic amines) is 1. The molecule has 0 radical (unpaired) electrons. The average Bonchev–Trinajstić information content (AvgIpc) is 3.25. The van der Waals surface area contributed by atoms with Crippen LogP contribution in [0.3, 0.4) is 0 Å². The number of amides is 1. The van der Waals surface area contributed by atoms with E-state index in [1.165, 1.54) is 26.1 Å². The second-order valence-electron chi connectivity index (χ2n) is 8.62. The number of carbonyl (C=O) groups is 1. The molecule has 1 aliphatic heterocycles. The van der Waals surface area contributed by atoms with Crippen LogP contribution in [-0.4, -0.2) is 71.9 Å². The zero-order valence-electron chi connectivity index (χ0n) is 16.7. The Labute approximate surface area is 157 Å². The number of hydrogen-bond acceptors (Lipinski definition) is 4. The Hall–Kier alpha value is -1.40. The molecule has 3 rings (SSSR count). The Kier molecular flexibility index (Phi) is 6.35. The third kappa shape index (κ3) is 4.65. The van der Waals surface area contributed by atoms with E-state index in [9.17, 15) is 4.79 Å². The summed E-state index contributed by atoms with van der Waals surface area (Å²) in [5.74, 6) is 2.16. The fourth-order valence-electron chi connectivity index (χ4n) is 4.35. The number of carbonyl (C=O) groups excluding carboxylic acids is 1. The molecule has 6 nitrogen and oxygen atoms in total. The fourth-order valence-corrected chi connectivity index (χ4v) is 4.35. The van der Waals surface area contributed by atoms with Gasteiger partial charge < -0.3 is 14.5 Å². The summed E-state index contributed by atoms with van der Waals surface area (Å²) in [7, 11) is 3.55. The van der Waals surface area contributed by atoms with Gasteiger partial charge >= 0.3 is 0 Å². The number of aromatic nitrogens is 2. The van der Waals surface area contributed by atoms with Crippen molar-refractivity contribution < 1.29 is 9.53 Å². The van der Waals surface area contributed by atoms with E-state index >= 15 is 0 Å². The molecule has 0 spiro atoms. The number of hydrogen-bond donors (Lipinski definition) is 0. The van der Waals surface area contributed by atoms with Crippen molar-refractivity contribution in [2.75, 3.05) is 40.3 Å². The van der Waals surface area contributed by atoms with Crippen molar-refractivity contribution in [3.63, 3.8) is 0 Å². The summed E-state index contributed by atoms with van der Waals surface area (Å²) in [5, 5.41) is 4.47. The predicted octanol–water partition coefficient (Wildman–Crippen LogP) is 2.29. The van der Waals surface area contributed by atoms with E-state index in [0.717, 1.165) is 18.8 Å². The Balaban J connectivity index is 1.64. The predicted molar refractivity (Wildman–Crippen MR) is 102 cm³/mol. The van der Waals surface area contributed by atoms with E-state index in [-0.39, 0.29) is 24.7 Å². The van der Waals surface area contributed by atoms with Crippen LogP contribution in [0.15, 0.2) is 18.5 Å². The van der Waals surface area contributed by atoms with E-state index in [1.54, 1.807) is 19.0 Å². The second-order valence-corrected chi connectivity index (χ2v) is 8.62. The van der Waals surface area contributed by atoms with Crippen LogP contribution in [0.25, 0.3) is 0 Å². The van der Waals surface area contributed by atoms with Crippen LogP contribution < -0.4 is 0 Å². The first kappa shape index (κ1) is 19.4. The molecule has 2 aliphatic rings. The van der Waals surface area contributed by atoms with Gasteiger partial charge in [0.15, 0.2) is 0 Å². The van der Waals surface area contributed by atoms with Gasteiger partial charge in [0, 0.05) is 39.6 Å². The van der Waals surface area contributed by atoms with Crippen molar-refractivity contribution in [1.29, 1.82) is 0 Å². The van der Waals surface area contributed by atoms with Crippen molar-refractivity contribution in [2.45, 2.75) is 45.3 Å². The van der Waals surface area contributed by atoms with Gasteiger partial charge in [0.25, 0.3) is 0 Å². The monoisotopic (exact) mass is 362 g/mol. The standard InChI is InChI=1S/C20H34N4O2/c1-15(2)6-9-23-12-16-10-18(24-8-5-7-21-24)19(11-17(16)13-23)26-14-20(25)22(3)4/h5,7-8,15-19H,6,9-14H2,1-4H3/t16-,17+,18-,19-/m0/s1. The lowest BCUT2D eigenvalue weighted by molar-refractivity contribution is -0.138. The van der Waals surface area contributed by atoms with Crippen LogP contribution in [0.5, 0.6) is 0 Å². The molecule has 0 aromatic carbocycles. The average molecular weight is 363 g/mol. The molecule has 1 aromatic rings. The van der Waals surface area contributed by atoms with Crippen LogP contribution in [0.2, 0.25) is 0 Å². The maximum Gasteiger partial charge on any atom is 0.248 e. The summed E-state index contributed by atoms with van der Waals surface area (Å²) >= 11 is 0. The molecule has 1 saturated carbocycles. The quantitative estimate of drug-likeness (QED) is 0.747. The minimum absolute atomic E-state index is 0.0244. The minimum Gasteiger partial charge on any atom is -0.366 e. The highest BCUT2D eigenvalue weighted by Gasteiger charge is 2.43. The molecule has 1 saturated heterocycles. The Morgan fingerprint density at radius 1 is 1.27 bits per heavy atom. The molecule has 1 aliphatic carbocycles. The van der Waals surface area contributed by atoms with Crippen molar-refractivity contribution in [2.24, 2.45) is 17.8 Å². The summed E-state index contributed by atoms with van der Waals surface area (Å²) < 4.78 is 8.15. The first-order valence-corrected chi connectivity index (χ1v) is 9.97. The number of ether oxygens (including phenoxy) is 1. The SMILES string of the molecule is CC(C)CCN1C[C@H]2C[C@H](OCC(=O)N(C)C)[C@@H](n3cccn3)C[C@H]2C1. The third-order valence-electron chi connectivity index (χ3n) is 5.97. The van der Waals surface area contributed by atoms with E-state index in [4.69, 9.17) is 4.74 Å². The number of likely N-dealkylation sites (N-methyl/N-ethyl adjacent to an activating group) is 1. The second kappa shape index (κ2) is 8.53. The summed E-state index contributed by atoms with van der Waals surface area (Å²) in [6.45, 7) is 8.31. The van der Waals surface area contributed by atoms with Crippen LogP contribution in [0.1, 0.15) is 39.2 Å². The number of nitrogens with zero attached hydrogens (tertiary/aromatic N) is 4. The highest BCUT2D eigenvalue weighted by atomic mass is 16.5. The molecule has 26 heavy (non-hydrogen) atoms. The largest absolute Gasteiger partial charge is 0.366 e. The first-order valence-electron chi connectivity index (χ1n) is 9.97. The molecule has 1 amide bonds. The lowest BCUT2D eigenvalue weighted by atomic mass is 9.77. The highest BCUT2D eigenvalue weighted by molar-refractivity contribution is 5.76. The maximum absolute atomic E-state index is 12.0. The zero-order valence-corrected chi connectivity index (χ0v) is 16.7. The van der Waals surface area contributed by atoms with Gasteiger partial charge in [-0.2, -0.15) is 5.10 Å². The van der Waals surface area contributed by atoms with Crippen molar-refractivity contribution in [3.05, 3.63) is 18.5 Å². The molecule has 0 unspecified atom stereocenters. The van der Waals surface area contributed by atoms with Gasteiger partial charge in [-0.1, -0.05) is 13.8 Å². The van der Waals surface area contributed by atoms with E-state index in [0.29, 0.717) is 11.8 Å². The maximum atomic E-state index is 12.0. The topological polar surface area (TPSA) is 50.6 Å². The van der Waals surface area contributed by atoms with Gasteiger partial charge in [-0.25, -0.2) is 0 Å². The summed E-state index contributed by atoms with van der Waals surface area (Å²) in [4.78, 5) is 16.2. The van der Waals surface area contributed by atoms with Crippen LogP contribution >= 0.6 is 0 Å². The lowest BCUT2D eigenvalue weighted by Crippen LogP contribution is -2.40. The zero-order chi connectivity index (χ0) is 18.7. The minimum atomic E-state index is 0.0244. The van der Waals surface area contributed by atoms with Gasteiger partial charge in [0.1, 0.15) is 6.61 Å². The summed E-state index contributed by atoms with van der Waals surface area (Å²) in [6, 6.07) is 2.20. The molecule has 2 heterocycles. The van der Waals surface area contributed by atoms with Crippen molar-refractivity contribution in [1.82, 2.24) is 19.6 Å². The first-order chi connectivity index (χ1) is 12.4. The van der Waals surface area contributed by atoms with Gasteiger partial charge in [0.05, 0.1) is 12.1 Å².